The number of carboxylic acid groups (broad SMARTS) is 1. The lowest BCUT2D eigenvalue weighted by Crippen LogP contribution is -2.60. The van der Waals surface area contributed by atoms with E-state index in [-0.39, 0.29) is 0 Å². The summed E-state index contributed by atoms with van der Waals surface area (Å²) in [5, 5.41) is 28.8. The number of rotatable bonds is 2. The van der Waals surface area contributed by atoms with E-state index in [9.17, 15) is 15.0 Å². The van der Waals surface area contributed by atoms with Crippen LogP contribution in [0.15, 0.2) is 48.2 Å². The van der Waals surface area contributed by atoms with E-state index in [4.69, 9.17) is 10.8 Å². The molecule has 0 aliphatic heterocycles. The van der Waals surface area contributed by atoms with Crippen LogP contribution in [0.3, 0.4) is 0 Å². The Labute approximate surface area is 103 Å². The van der Waals surface area contributed by atoms with Crippen molar-refractivity contribution in [1.29, 1.82) is 0 Å². The molecule has 0 aromatic heterocycles. The molecule has 0 radical (unpaired) electrons. The summed E-state index contributed by atoms with van der Waals surface area (Å²) in [4.78, 5) is 11.2. The van der Waals surface area contributed by atoms with Gasteiger partial charge < -0.3 is 21.1 Å². The third-order valence-corrected chi connectivity index (χ3v) is 3.03. The van der Waals surface area contributed by atoms with Gasteiger partial charge in [-0.3, -0.25) is 0 Å². The number of hydrogen-bond donors (Lipinski definition) is 4. The van der Waals surface area contributed by atoms with Crippen molar-refractivity contribution in [2.75, 3.05) is 0 Å². The van der Waals surface area contributed by atoms with E-state index in [1.54, 1.807) is 30.3 Å². The van der Waals surface area contributed by atoms with Gasteiger partial charge in [0.25, 0.3) is 0 Å². The SMILES string of the molecule is NC1(C(=O)O)C(O)=CC=C(c2ccccc2)C1O. The van der Waals surface area contributed by atoms with E-state index in [1.807, 2.05) is 0 Å². The normalized spacial score (nSPS) is 27.3. The Balaban J connectivity index is 2.50. The van der Waals surface area contributed by atoms with Crippen molar-refractivity contribution in [2.24, 2.45) is 5.73 Å². The second-order valence-electron chi connectivity index (χ2n) is 4.12. The number of aliphatic hydroxyl groups excluding tert-OH is 2. The molecule has 1 aromatic carbocycles. The standard InChI is InChI=1S/C13H13NO4/c14-13(12(17)18)10(15)7-6-9(11(13)16)8-4-2-1-3-5-8/h1-7,11,15-16H,14H2,(H,17,18). The van der Waals surface area contributed by atoms with Gasteiger partial charge in [-0.25, -0.2) is 4.79 Å². The molecular formula is C13H13NO4. The fourth-order valence-electron chi connectivity index (χ4n) is 1.89. The third-order valence-electron chi connectivity index (χ3n) is 3.03. The van der Waals surface area contributed by atoms with Crippen molar-refractivity contribution in [2.45, 2.75) is 11.6 Å². The maximum atomic E-state index is 11.2. The number of carbonyl (C=O) groups is 1. The minimum Gasteiger partial charge on any atom is -0.510 e. The van der Waals surface area contributed by atoms with Crippen LogP contribution in [0.5, 0.6) is 0 Å². The zero-order valence-corrected chi connectivity index (χ0v) is 9.45. The summed E-state index contributed by atoms with van der Waals surface area (Å²) >= 11 is 0. The highest BCUT2D eigenvalue weighted by Gasteiger charge is 2.49. The predicted octanol–water partition coefficient (Wildman–Crippen LogP) is 0.668. The van der Waals surface area contributed by atoms with Gasteiger partial charge in [-0.05, 0) is 17.2 Å². The van der Waals surface area contributed by atoms with E-state index in [0.717, 1.165) is 0 Å². The Bertz CT molecular complexity index is 535. The fourth-order valence-corrected chi connectivity index (χ4v) is 1.89. The molecule has 1 aliphatic carbocycles. The Morgan fingerprint density at radius 2 is 1.83 bits per heavy atom. The molecule has 1 aliphatic rings. The van der Waals surface area contributed by atoms with E-state index in [1.165, 1.54) is 12.2 Å². The highest BCUT2D eigenvalue weighted by molar-refractivity contribution is 5.90. The Kier molecular flexibility index (Phi) is 2.94. The van der Waals surface area contributed by atoms with Gasteiger partial charge in [0.2, 0.25) is 5.54 Å². The van der Waals surface area contributed by atoms with Gasteiger partial charge in [-0.1, -0.05) is 36.4 Å². The number of aliphatic carboxylic acids is 1. The van der Waals surface area contributed by atoms with Gasteiger partial charge in [0.05, 0.1) is 0 Å². The first kappa shape index (κ1) is 12.3. The molecule has 2 atom stereocenters. The summed E-state index contributed by atoms with van der Waals surface area (Å²) in [5.41, 5.74) is 4.42. The molecule has 1 aromatic rings. The summed E-state index contributed by atoms with van der Waals surface area (Å²) < 4.78 is 0. The number of allylic oxidation sites excluding steroid dienone is 2. The van der Waals surface area contributed by atoms with E-state index < -0.39 is 23.4 Å². The number of carboxylic acids is 1. The van der Waals surface area contributed by atoms with Crippen LogP contribution in [0, 0.1) is 0 Å². The molecule has 0 saturated heterocycles. The number of aliphatic hydroxyl groups is 2. The number of nitrogens with two attached hydrogens (primary N) is 1. The highest BCUT2D eigenvalue weighted by Crippen LogP contribution is 2.32. The Morgan fingerprint density at radius 3 is 2.39 bits per heavy atom. The van der Waals surface area contributed by atoms with Gasteiger partial charge in [-0.15, -0.1) is 0 Å². The van der Waals surface area contributed by atoms with Crippen LogP contribution >= 0.6 is 0 Å². The summed E-state index contributed by atoms with van der Waals surface area (Å²) in [6.07, 6.45) is 1.15. The third kappa shape index (κ3) is 1.70. The first-order valence-electron chi connectivity index (χ1n) is 5.35. The van der Waals surface area contributed by atoms with Crippen molar-refractivity contribution < 1.29 is 20.1 Å². The maximum absolute atomic E-state index is 11.2. The lowest BCUT2D eigenvalue weighted by Gasteiger charge is -2.33. The van der Waals surface area contributed by atoms with Gasteiger partial charge >= 0.3 is 5.97 Å². The molecule has 0 spiro atoms. The van der Waals surface area contributed by atoms with Crippen molar-refractivity contribution >= 4 is 11.5 Å². The van der Waals surface area contributed by atoms with Crippen molar-refractivity contribution in [1.82, 2.24) is 0 Å². The fraction of sp³-hybridized carbons (Fsp3) is 0.154. The summed E-state index contributed by atoms with van der Waals surface area (Å²) in [6, 6.07) is 8.79. The van der Waals surface area contributed by atoms with Crippen molar-refractivity contribution in [3.8, 4) is 0 Å². The van der Waals surface area contributed by atoms with Crippen molar-refractivity contribution in [3.63, 3.8) is 0 Å². The second-order valence-corrected chi connectivity index (χ2v) is 4.12. The average Bonchev–Trinajstić information content (AvgIpc) is 2.37. The minimum atomic E-state index is -2.21. The molecule has 2 unspecified atom stereocenters. The molecule has 5 N–H and O–H groups in total. The lowest BCUT2D eigenvalue weighted by atomic mass is 9.80. The molecule has 0 bridgehead atoms. The van der Waals surface area contributed by atoms with Gasteiger partial charge in [-0.2, -0.15) is 0 Å². The van der Waals surface area contributed by atoms with Crippen LogP contribution in [0.1, 0.15) is 5.56 Å². The van der Waals surface area contributed by atoms with Gasteiger partial charge in [0, 0.05) is 0 Å². The van der Waals surface area contributed by atoms with Crippen LogP contribution < -0.4 is 5.73 Å². The van der Waals surface area contributed by atoms with Crippen LogP contribution in [-0.4, -0.2) is 32.9 Å². The maximum Gasteiger partial charge on any atom is 0.334 e. The summed E-state index contributed by atoms with van der Waals surface area (Å²) in [7, 11) is 0. The molecule has 0 fully saturated rings. The lowest BCUT2D eigenvalue weighted by molar-refractivity contribution is -0.145. The number of benzene rings is 1. The molecule has 0 heterocycles. The monoisotopic (exact) mass is 247 g/mol. The van der Waals surface area contributed by atoms with Gasteiger partial charge in [0.1, 0.15) is 11.9 Å². The van der Waals surface area contributed by atoms with E-state index >= 15 is 0 Å². The smallest absolute Gasteiger partial charge is 0.334 e. The minimum absolute atomic E-state index is 0.360. The molecule has 18 heavy (non-hydrogen) atoms. The second kappa shape index (κ2) is 4.29. The molecule has 5 heteroatoms. The molecule has 0 amide bonds. The largest absolute Gasteiger partial charge is 0.510 e. The van der Waals surface area contributed by atoms with E-state index in [2.05, 4.69) is 0 Å². The van der Waals surface area contributed by atoms with Gasteiger partial charge in [0.15, 0.2) is 0 Å². The van der Waals surface area contributed by atoms with Crippen LogP contribution in [0.25, 0.3) is 5.57 Å². The first-order valence-corrected chi connectivity index (χ1v) is 5.35. The molecule has 2 rings (SSSR count). The Morgan fingerprint density at radius 1 is 1.22 bits per heavy atom. The topological polar surface area (TPSA) is 104 Å². The number of hydrogen-bond acceptors (Lipinski definition) is 4. The highest BCUT2D eigenvalue weighted by atomic mass is 16.4. The Hall–Kier alpha value is -2.11. The predicted molar refractivity (Wildman–Crippen MR) is 65.7 cm³/mol. The molecular weight excluding hydrogens is 234 g/mol. The first-order chi connectivity index (χ1) is 8.48. The zero-order chi connectivity index (χ0) is 13.3. The van der Waals surface area contributed by atoms with Crippen LogP contribution in [0.2, 0.25) is 0 Å². The molecule has 5 nitrogen and oxygen atoms in total. The summed E-state index contributed by atoms with van der Waals surface area (Å²) in [5.74, 6) is -2.05. The quantitative estimate of drug-likeness (QED) is 0.615. The zero-order valence-electron chi connectivity index (χ0n) is 9.45. The summed E-state index contributed by atoms with van der Waals surface area (Å²) in [6.45, 7) is 0. The van der Waals surface area contributed by atoms with Crippen molar-refractivity contribution in [3.05, 3.63) is 53.8 Å². The average molecular weight is 247 g/mol. The van der Waals surface area contributed by atoms with Crippen LogP contribution in [0.4, 0.5) is 0 Å². The van der Waals surface area contributed by atoms with Crippen LogP contribution in [-0.2, 0) is 4.79 Å². The molecule has 0 saturated carbocycles. The van der Waals surface area contributed by atoms with E-state index in [0.29, 0.717) is 11.1 Å². The molecule has 94 valence electrons.